The Morgan fingerprint density at radius 2 is 1.60 bits per heavy atom. The van der Waals surface area contributed by atoms with Crippen LogP contribution in [0.25, 0.3) is 0 Å². The Hall–Kier alpha value is -3.22. The topological polar surface area (TPSA) is 85.2 Å². The van der Waals surface area contributed by atoms with E-state index in [0.717, 1.165) is 16.7 Å². The highest BCUT2D eigenvalue weighted by atomic mass is 35.5. The molecule has 3 aromatic carbocycles. The number of ether oxygens (including phenoxy) is 3. The van der Waals surface area contributed by atoms with Crippen molar-refractivity contribution in [3.63, 3.8) is 0 Å². The largest absolute Gasteiger partial charge is 0.496 e. The van der Waals surface area contributed by atoms with Gasteiger partial charge in [-0.15, -0.1) is 0 Å². The van der Waals surface area contributed by atoms with Gasteiger partial charge in [0.2, 0.25) is 0 Å². The Kier molecular flexibility index (Phi) is 9.40. The van der Waals surface area contributed by atoms with Crippen LogP contribution in [0.3, 0.4) is 0 Å². The Bertz CT molecular complexity index is 1100. The van der Waals surface area contributed by atoms with Gasteiger partial charge in [0.15, 0.2) is 0 Å². The van der Waals surface area contributed by atoms with Gasteiger partial charge in [0.1, 0.15) is 17.2 Å². The molecule has 0 saturated heterocycles. The number of benzene rings is 3. The van der Waals surface area contributed by atoms with Crippen molar-refractivity contribution >= 4 is 17.6 Å². The van der Waals surface area contributed by atoms with Crippen LogP contribution in [0.15, 0.2) is 60.7 Å². The molecule has 0 amide bonds. The van der Waals surface area contributed by atoms with E-state index in [1.807, 2.05) is 55.5 Å². The van der Waals surface area contributed by atoms with E-state index >= 15 is 0 Å². The second-order valence-corrected chi connectivity index (χ2v) is 8.88. The van der Waals surface area contributed by atoms with Crippen LogP contribution in [-0.2, 0) is 17.6 Å². The number of carboxylic acid groups (broad SMARTS) is 1. The fraction of sp³-hybridized carbons (Fsp3) is 0.321. The van der Waals surface area contributed by atoms with Crippen LogP contribution in [0, 0.1) is 12.8 Å². The first kappa shape index (κ1) is 26.4. The van der Waals surface area contributed by atoms with Gasteiger partial charge >= 0.3 is 5.97 Å². The lowest BCUT2D eigenvalue weighted by Gasteiger charge is -2.25. The monoisotopic (exact) mass is 498 g/mol. The first-order valence-electron chi connectivity index (χ1n) is 11.4. The van der Waals surface area contributed by atoms with Gasteiger partial charge in [-0.25, -0.2) is 0 Å². The summed E-state index contributed by atoms with van der Waals surface area (Å²) in [7, 11) is 3.18. The first-order chi connectivity index (χ1) is 16.8. The number of hydrogen-bond donors (Lipinski definition) is 2. The highest BCUT2D eigenvalue weighted by molar-refractivity contribution is 6.30. The third-order valence-electron chi connectivity index (χ3n) is 5.99. The summed E-state index contributed by atoms with van der Waals surface area (Å²) < 4.78 is 16.9. The van der Waals surface area contributed by atoms with Gasteiger partial charge < -0.3 is 24.4 Å². The number of halogens is 1. The molecule has 0 aromatic heterocycles. The fourth-order valence-corrected chi connectivity index (χ4v) is 4.26. The molecule has 0 bridgehead atoms. The summed E-state index contributed by atoms with van der Waals surface area (Å²) in [5, 5.41) is 21.0. The maximum absolute atomic E-state index is 11.4. The van der Waals surface area contributed by atoms with E-state index in [2.05, 4.69) is 0 Å². The van der Waals surface area contributed by atoms with Crippen molar-refractivity contribution in [3.8, 4) is 17.2 Å². The van der Waals surface area contributed by atoms with Crippen molar-refractivity contribution < 1.29 is 29.2 Å². The molecular formula is C28H31ClO6. The molecule has 0 unspecified atom stereocenters. The number of carbonyl (C=O) groups is 1. The highest BCUT2D eigenvalue weighted by Gasteiger charge is 2.24. The van der Waals surface area contributed by atoms with Gasteiger partial charge in [-0.05, 0) is 72.7 Å². The molecule has 0 fully saturated rings. The minimum absolute atomic E-state index is 0.0250. The van der Waals surface area contributed by atoms with Gasteiger partial charge in [0, 0.05) is 10.6 Å². The lowest BCUT2D eigenvalue weighted by atomic mass is 9.86. The molecule has 3 rings (SSSR count). The van der Waals surface area contributed by atoms with Crippen LogP contribution in [0.1, 0.15) is 34.8 Å². The number of aliphatic hydroxyl groups excluding tert-OH is 1. The minimum Gasteiger partial charge on any atom is -0.496 e. The molecule has 0 spiro atoms. The van der Waals surface area contributed by atoms with Gasteiger partial charge in [-0.2, -0.15) is 0 Å². The normalized spacial score (nSPS) is 12.6. The molecule has 6 nitrogen and oxygen atoms in total. The smallest absolute Gasteiger partial charge is 0.307 e. The quantitative estimate of drug-likeness (QED) is 0.335. The molecule has 0 aliphatic heterocycles. The number of aliphatic hydroxyl groups is 1. The van der Waals surface area contributed by atoms with Gasteiger partial charge in [0.05, 0.1) is 33.4 Å². The van der Waals surface area contributed by atoms with Gasteiger partial charge in [-0.1, -0.05) is 41.9 Å². The summed E-state index contributed by atoms with van der Waals surface area (Å²) in [5.74, 6) is 0.904. The fourth-order valence-electron chi connectivity index (χ4n) is 4.08. The minimum atomic E-state index is -0.869. The molecule has 0 heterocycles. The molecule has 2 atom stereocenters. The summed E-state index contributed by atoms with van der Waals surface area (Å²) >= 11 is 6.06. The van der Waals surface area contributed by atoms with E-state index in [1.54, 1.807) is 26.4 Å². The van der Waals surface area contributed by atoms with Crippen LogP contribution >= 0.6 is 11.6 Å². The molecule has 0 radical (unpaired) electrons. The lowest BCUT2D eigenvalue weighted by molar-refractivity contribution is -0.136. The summed E-state index contributed by atoms with van der Waals surface area (Å²) in [4.78, 5) is 11.0. The first-order valence-corrected chi connectivity index (χ1v) is 11.8. The van der Waals surface area contributed by atoms with E-state index in [0.29, 0.717) is 47.3 Å². The number of rotatable bonds is 12. The van der Waals surface area contributed by atoms with E-state index in [1.165, 1.54) is 0 Å². The third kappa shape index (κ3) is 7.38. The molecule has 35 heavy (non-hydrogen) atoms. The molecule has 7 heteroatoms. The average molecular weight is 499 g/mol. The van der Waals surface area contributed by atoms with Crippen molar-refractivity contribution in [1.82, 2.24) is 0 Å². The van der Waals surface area contributed by atoms with Crippen LogP contribution in [-0.4, -0.2) is 37.0 Å². The predicted molar refractivity (Wildman–Crippen MR) is 136 cm³/mol. The Labute approximate surface area is 211 Å². The predicted octanol–water partition coefficient (Wildman–Crippen LogP) is 5.65. The standard InChI is InChI=1S/C28H31ClO6/c1-18-25(33-2)15-22(16-26(18)34-3)28(32)21(11-12-35-24-6-4-5-23(29)17-24)13-19-7-9-20(10-8-19)14-27(30)31/h4-10,15-17,21,28,32H,11-14H2,1-3H3,(H,30,31)/t21-,28-/m0/s1. The Balaban J connectivity index is 1.82. The van der Waals surface area contributed by atoms with Crippen LogP contribution < -0.4 is 14.2 Å². The van der Waals surface area contributed by atoms with Crippen LogP contribution in [0.4, 0.5) is 0 Å². The molecule has 0 aliphatic rings. The van der Waals surface area contributed by atoms with E-state index in [4.69, 9.17) is 30.9 Å². The van der Waals surface area contributed by atoms with E-state index in [-0.39, 0.29) is 12.3 Å². The maximum Gasteiger partial charge on any atom is 0.307 e. The second kappa shape index (κ2) is 12.5. The average Bonchev–Trinajstić information content (AvgIpc) is 2.84. The summed E-state index contributed by atoms with van der Waals surface area (Å²) in [6, 6.07) is 18.3. The molecule has 3 aromatic rings. The number of aliphatic carboxylic acids is 1. The third-order valence-corrected chi connectivity index (χ3v) is 6.23. The molecule has 0 aliphatic carbocycles. The Morgan fingerprint density at radius 3 is 2.17 bits per heavy atom. The summed E-state index contributed by atoms with van der Waals surface area (Å²) in [6.45, 7) is 2.29. The van der Waals surface area contributed by atoms with E-state index < -0.39 is 12.1 Å². The SMILES string of the molecule is COc1cc([C@@H](O)[C@@H](CCOc2cccc(Cl)c2)Cc2ccc(CC(=O)O)cc2)cc(OC)c1C. The van der Waals surface area contributed by atoms with E-state index in [9.17, 15) is 9.90 Å². The van der Waals surface area contributed by atoms with Crippen LogP contribution in [0.5, 0.6) is 17.2 Å². The zero-order chi connectivity index (χ0) is 25.4. The zero-order valence-electron chi connectivity index (χ0n) is 20.2. The van der Waals surface area contributed by atoms with Crippen molar-refractivity contribution in [2.24, 2.45) is 5.92 Å². The maximum atomic E-state index is 11.4. The summed E-state index contributed by atoms with van der Waals surface area (Å²) in [5.41, 5.74) is 3.29. The number of carboxylic acids is 1. The van der Waals surface area contributed by atoms with Gasteiger partial charge in [0.25, 0.3) is 0 Å². The van der Waals surface area contributed by atoms with Crippen molar-refractivity contribution in [1.29, 1.82) is 0 Å². The molecular weight excluding hydrogens is 468 g/mol. The van der Waals surface area contributed by atoms with Gasteiger partial charge in [-0.3, -0.25) is 4.79 Å². The lowest BCUT2D eigenvalue weighted by Crippen LogP contribution is -2.19. The second-order valence-electron chi connectivity index (χ2n) is 8.44. The number of methoxy groups -OCH3 is 2. The van der Waals surface area contributed by atoms with Crippen LogP contribution in [0.2, 0.25) is 5.02 Å². The zero-order valence-corrected chi connectivity index (χ0v) is 20.9. The molecule has 2 N–H and O–H groups in total. The van der Waals surface area contributed by atoms with Crippen molar-refractivity contribution in [2.45, 2.75) is 32.3 Å². The molecule has 0 saturated carbocycles. The summed E-state index contributed by atoms with van der Waals surface area (Å²) in [6.07, 6.45) is 0.317. The highest BCUT2D eigenvalue weighted by Crippen LogP contribution is 2.36. The van der Waals surface area contributed by atoms with Crippen molar-refractivity contribution in [2.75, 3.05) is 20.8 Å². The Morgan fingerprint density at radius 1 is 0.971 bits per heavy atom. The van der Waals surface area contributed by atoms with Crippen molar-refractivity contribution in [3.05, 3.63) is 87.9 Å². The number of hydrogen-bond acceptors (Lipinski definition) is 5. The molecule has 186 valence electrons.